The van der Waals surface area contributed by atoms with E-state index < -0.39 is 0 Å². The van der Waals surface area contributed by atoms with Crippen LogP contribution in [0.5, 0.6) is 5.75 Å². The maximum atomic E-state index is 12.0. The number of methoxy groups -OCH3 is 1. The van der Waals surface area contributed by atoms with E-state index in [1.807, 2.05) is 12.1 Å². The third kappa shape index (κ3) is 3.17. The monoisotopic (exact) mass is 241 g/mol. The highest BCUT2D eigenvalue weighted by Crippen LogP contribution is 2.13. The number of nitrogens with zero attached hydrogens (tertiary/aromatic N) is 1. The van der Waals surface area contributed by atoms with Gasteiger partial charge in [0.05, 0.1) is 7.11 Å². The van der Waals surface area contributed by atoms with E-state index in [-0.39, 0.29) is 5.78 Å². The zero-order valence-corrected chi connectivity index (χ0v) is 10.3. The fourth-order valence-electron chi connectivity index (χ4n) is 1.73. The summed E-state index contributed by atoms with van der Waals surface area (Å²) in [5, 5.41) is 0. The molecule has 0 aliphatic heterocycles. The minimum absolute atomic E-state index is 0.140. The van der Waals surface area contributed by atoms with E-state index in [1.165, 1.54) is 0 Å². The highest BCUT2D eigenvalue weighted by molar-refractivity contribution is 5.96. The molecule has 0 atom stereocenters. The third-order valence-corrected chi connectivity index (χ3v) is 2.78. The largest absolute Gasteiger partial charge is 0.497 e. The van der Waals surface area contributed by atoms with E-state index in [1.54, 1.807) is 43.8 Å². The van der Waals surface area contributed by atoms with E-state index in [0.29, 0.717) is 6.42 Å². The summed E-state index contributed by atoms with van der Waals surface area (Å²) >= 11 is 0. The predicted molar refractivity (Wildman–Crippen MR) is 69.9 cm³/mol. The molecule has 0 radical (unpaired) electrons. The first kappa shape index (κ1) is 12.3. The van der Waals surface area contributed by atoms with Crippen molar-refractivity contribution >= 4 is 5.78 Å². The molecule has 0 saturated heterocycles. The number of Topliss-reactive ketones (excluding diaryl/α,β-unsaturated/α-hetero) is 1. The number of carbonyl (C=O) groups excluding carboxylic acids is 1. The molecule has 1 heterocycles. The van der Waals surface area contributed by atoms with Crippen molar-refractivity contribution in [3.63, 3.8) is 0 Å². The van der Waals surface area contributed by atoms with Gasteiger partial charge in [-0.2, -0.15) is 0 Å². The number of hydrogen-bond acceptors (Lipinski definition) is 3. The average Bonchev–Trinajstić information content (AvgIpc) is 2.46. The number of pyridine rings is 1. The number of rotatable bonds is 5. The van der Waals surface area contributed by atoms with Gasteiger partial charge in [-0.1, -0.05) is 6.07 Å². The minimum Gasteiger partial charge on any atom is -0.497 e. The number of ketones is 1. The maximum Gasteiger partial charge on any atom is 0.163 e. The van der Waals surface area contributed by atoms with Crippen molar-refractivity contribution < 1.29 is 9.53 Å². The lowest BCUT2D eigenvalue weighted by atomic mass is 10.0. The summed E-state index contributed by atoms with van der Waals surface area (Å²) in [4.78, 5) is 16.0. The second-order valence-electron chi connectivity index (χ2n) is 4.01. The molecule has 0 aliphatic rings. The van der Waals surface area contributed by atoms with Gasteiger partial charge in [0.25, 0.3) is 0 Å². The molecule has 0 unspecified atom stereocenters. The Labute approximate surface area is 106 Å². The molecule has 0 N–H and O–H groups in total. The molecule has 3 heteroatoms. The molecular weight excluding hydrogens is 226 g/mol. The number of carbonyl (C=O) groups is 1. The lowest BCUT2D eigenvalue weighted by Crippen LogP contribution is -2.01. The minimum atomic E-state index is 0.140. The molecule has 0 fully saturated rings. The van der Waals surface area contributed by atoms with Crippen molar-refractivity contribution in [2.45, 2.75) is 12.8 Å². The van der Waals surface area contributed by atoms with E-state index in [2.05, 4.69) is 4.98 Å². The zero-order valence-electron chi connectivity index (χ0n) is 10.3. The van der Waals surface area contributed by atoms with Crippen LogP contribution in [0.2, 0.25) is 0 Å². The molecule has 1 aromatic carbocycles. The number of hydrogen-bond donors (Lipinski definition) is 0. The van der Waals surface area contributed by atoms with Crippen LogP contribution in [-0.2, 0) is 6.42 Å². The number of aromatic nitrogens is 1. The summed E-state index contributed by atoms with van der Waals surface area (Å²) in [5.74, 6) is 0.903. The van der Waals surface area contributed by atoms with Gasteiger partial charge in [0.1, 0.15) is 5.75 Å². The van der Waals surface area contributed by atoms with Crippen molar-refractivity contribution in [3.05, 3.63) is 59.9 Å². The van der Waals surface area contributed by atoms with Gasteiger partial charge >= 0.3 is 0 Å². The van der Waals surface area contributed by atoms with Crippen molar-refractivity contribution in [1.29, 1.82) is 0 Å². The predicted octanol–water partition coefficient (Wildman–Crippen LogP) is 2.91. The van der Waals surface area contributed by atoms with Gasteiger partial charge in [0.15, 0.2) is 5.78 Å². The van der Waals surface area contributed by atoms with Gasteiger partial charge in [-0.25, -0.2) is 0 Å². The first-order valence-electron chi connectivity index (χ1n) is 5.86. The Hall–Kier alpha value is -2.16. The second-order valence-corrected chi connectivity index (χ2v) is 4.01. The summed E-state index contributed by atoms with van der Waals surface area (Å²) in [6.45, 7) is 0. The lowest BCUT2D eigenvalue weighted by molar-refractivity contribution is 0.0983. The maximum absolute atomic E-state index is 12.0. The zero-order chi connectivity index (χ0) is 12.8. The number of ether oxygens (including phenoxy) is 1. The summed E-state index contributed by atoms with van der Waals surface area (Å²) < 4.78 is 5.06. The van der Waals surface area contributed by atoms with Gasteiger partial charge < -0.3 is 4.74 Å². The molecule has 18 heavy (non-hydrogen) atoms. The molecule has 0 spiro atoms. The molecule has 1 aromatic heterocycles. The molecule has 0 saturated carbocycles. The smallest absolute Gasteiger partial charge is 0.163 e. The Morgan fingerprint density at radius 1 is 1.22 bits per heavy atom. The summed E-state index contributed by atoms with van der Waals surface area (Å²) in [7, 11) is 1.61. The van der Waals surface area contributed by atoms with Crippen LogP contribution in [0.3, 0.4) is 0 Å². The molecule has 2 rings (SSSR count). The first-order chi connectivity index (χ1) is 8.79. The lowest BCUT2D eigenvalue weighted by Gasteiger charge is -2.03. The van der Waals surface area contributed by atoms with Crippen LogP contribution in [0, 0.1) is 0 Å². The summed E-state index contributed by atoms with van der Waals surface area (Å²) in [6.07, 6.45) is 4.74. The van der Waals surface area contributed by atoms with Crippen molar-refractivity contribution in [2.75, 3.05) is 7.11 Å². The Morgan fingerprint density at radius 3 is 2.61 bits per heavy atom. The van der Waals surface area contributed by atoms with Crippen LogP contribution >= 0.6 is 0 Å². The van der Waals surface area contributed by atoms with E-state index in [4.69, 9.17) is 4.74 Å². The van der Waals surface area contributed by atoms with Crippen LogP contribution in [0.1, 0.15) is 22.3 Å². The topological polar surface area (TPSA) is 39.2 Å². The second kappa shape index (κ2) is 5.96. The van der Waals surface area contributed by atoms with E-state index in [0.717, 1.165) is 23.3 Å². The van der Waals surface area contributed by atoms with Crippen LogP contribution in [0.4, 0.5) is 0 Å². The van der Waals surface area contributed by atoms with E-state index in [9.17, 15) is 4.79 Å². The highest BCUT2D eigenvalue weighted by Gasteiger charge is 2.06. The Kier molecular flexibility index (Phi) is 4.07. The van der Waals surface area contributed by atoms with Crippen LogP contribution in [0.15, 0.2) is 48.8 Å². The molecule has 0 bridgehead atoms. The van der Waals surface area contributed by atoms with Gasteiger partial charge in [0.2, 0.25) is 0 Å². The van der Waals surface area contributed by atoms with Crippen molar-refractivity contribution in [1.82, 2.24) is 4.98 Å². The molecule has 3 nitrogen and oxygen atoms in total. The quantitative estimate of drug-likeness (QED) is 0.755. The van der Waals surface area contributed by atoms with Gasteiger partial charge in [-0.05, 0) is 42.3 Å². The Bertz CT molecular complexity index is 506. The van der Waals surface area contributed by atoms with Crippen LogP contribution in [0.25, 0.3) is 0 Å². The van der Waals surface area contributed by atoms with Crippen molar-refractivity contribution in [3.8, 4) is 5.75 Å². The van der Waals surface area contributed by atoms with Gasteiger partial charge in [-0.15, -0.1) is 0 Å². The number of aryl methyl sites for hydroxylation is 1. The fraction of sp³-hybridized carbons (Fsp3) is 0.200. The van der Waals surface area contributed by atoms with Gasteiger partial charge in [0, 0.05) is 24.4 Å². The molecule has 92 valence electrons. The average molecular weight is 241 g/mol. The fourth-order valence-corrected chi connectivity index (χ4v) is 1.73. The molecule has 2 aromatic rings. The Morgan fingerprint density at radius 2 is 2.00 bits per heavy atom. The van der Waals surface area contributed by atoms with E-state index >= 15 is 0 Å². The highest BCUT2D eigenvalue weighted by atomic mass is 16.5. The molecule has 0 aliphatic carbocycles. The van der Waals surface area contributed by atoms with Gasteiger partial charge in [-0.3, -0.25) is 9.78 Å². The van der Waals surface area contributed by atoms with Crippen LogP contribution < -0.4 is 4.74 Å². The Balaban J connectivity index is 1.95. The standard InChI is InChI=1S/C15H15NO2/c1-18-14-7-5-13(6-8-14)15(17)9-4-12-3-2-10-16-11-12/h2-3,5-8,10-11H,4,9H2,1H3. The summed E-state index contributed by atoms with van der Waals surface area (Å²) in [6, 6.07) is 11.1. The molecule has 0 amide bonds. The third-order valence-electron chi connectivity index (χ3n) is 2.78. The molecular formula is C15H15NO2. The SMILES string of the molecule is COc1ccc(C(=O)CCc2cccnc2)cc1. The number of benzene rings is 1. The summed E-state index contributed by atoms with van der Waals surface area (Å²) in [5.41, 5.74) is 1.80. The van der Waals surface area contributed by atoms with Crippen LogP contribution in [-0.4, -0.2) is 17.9 Å². The first-order valence-corrected chi connectivity index (χ1v) is 5.86. The normalized spacial score (nSPS) is 10.1. The van der Waals surface area contributed by atoms with Crippen molar-refractivity contribution in [2.24, 2.45) is 0 Å².